The molecule has 154 valence electrons. The first-order chi connectivity index (χ1) is 13.8. The Morgan fingerprint density at radius 3 is 2.34 bits per heavy atom. The van der Waals surface area contributed by atoms with E-state index in [4.69, 9.17) is 0 Å². The van der Waals surface area contributed by atoms with Gasteiger partial charge in [-0.2, -0.15) is 13.2 Å². The van der Waals surface area contributed by atoms with Gasteiger partial charge in [-0.05, 0) is 41.7 Å². The van der Waals surface area contributed by atoms with Crippen LogP contribution in [0.2, 0.25) is 0 Å². The van der Waals surface area contributed by atoms with Gasteiger partial charge in [0.05, 0.1) is 12.1 Å². The highest BCUT2D eigenvalue weighted by molar-refractivity contribution is 5.84. The van der Waals surface area contributed by atoms with Crippen molar-refractivity contribution in [2.75, 3.05) is 19.6 Å². The van der Waals surface area contributed by atoms with Crippen LogP contribution in [-0.4, -0.2) is 36.5 Å². The molecule has 2 aromatic carbocycles. The van der Waals surface area contributed by atoms with Crippen molar-refractivity contribution in [1.29, 1.82) is 0 Å². The minimum Gasteiger partial charge on any atom is -0.338 e. The van der Waals surface area contributed by atoms with Crippen LogP contribution in [-0.2, 0) is 30.4 Å². The van der Waals surface area contributed by atoms with Crippen molar-refractivity contribution in [3.8, 4) is 0 Å². The minimum atomic E-state index is -4.36. The number of fused-ring (bicyclic) bond motifs is 1. The van der Waals surface area contributed by atoms with Gasteiger partial charge in [-0.3, -0.25) is 4.79 Å². The molecule has 0 saturated heterocycles. The van der Waals surface area contributed by atoms with E-state index in [1.54, 1.807) is 4.90 Å². The molecule has 5 nitrogen and oxygen atoms in total. The first-order valence-electron chi connectivity index (χ1n) is 9.35. The van der Waals surface area contributed by atoms with Crippen molar-refractivity contribution < 1.29 is 22.8 Å². The Hall–Kier alpha value is -3.03. The highest BCUT2D eigenvalue weighted by atomic mass is 19.4. The van der Waals surface area contributed by atoms with Gasteiger partial charge in [0.1, 0.15) is 0 Å². The summed E-state index contributed by atoms with van der Waals surface area (Å²) in [5, 5.41) is 5.14. The highest BCUT2D eigenvalue weighted by Gasteiger charge is 2.29. The number of hydrogen-bond donors (Lipinski definition) is 2. The molecule has 1 aliphatic heterocycles. The number of carbonyl (C=O) groups is 2. The largest absolute Gasteiger partial charge is 0.416 e. The number of amides is 3. The molecule has 0 radical (unpaired) electrons. The van der Waals surface area contributed by atoms with E-state index in [-0.39, 0.29) is 19.0 Å². The molecule has 0 aromatic heterocycles. The van der Waals surface area contributed by atoms with Crippen molar-refractivity contribution in [2.24, 2.45) is 0 Å². The smallest absolute Gasteiger partial charge is 0.338 e. The third-order valence-electron chi connectivity index (χ3n) is 4.86. The van der Waals surface area contributed by atoms with Gasteiger partial charge in [0.2, 0.25) is 5.91 Å². The molecule has 0 fully saturated rings. The lowest BCUT2D eigenvalue weighted by atomic mass is 10.00. The highest BCUT2D eigenvalue weighted by Crippen LogP contribution is 2.29. The van der Waals surface area contributed by atoms with Crippen LogP contribution >= 0.6 is 0 Å². The maximum atomic E-state index is 12.5. The molecule has 0 unspecified atom stereocenters. The van der Waals surface area contributed by atoms with Crippen molar-refractivity contribution in [1.82, 2.24) is 15.5 Å². The predicted octanol–water partition coefficient (Wildman–Crippen LogP) is 3.13. The maximum absolute atomic E-state index is 12.5. The number of alkyl halides is 3. The van der Waals surface area contributed by atoms with E-state index in [1.807, 2.05) is 18.2 Å². The van der Waals surface area contributed by atoms with Gasteiger partial charge in [0.15, 0.2) is 0 Å². The quantitative estimate of drug-likeness (QED) is 0.803. The zero-order chi connectivity index (χ0) is 20.9. The topological polar surface area (TPSA) is 61.4 Å². The average molecular weight is 405 g/mol. The van der Waals surface area contributed by atoms with Gasteiger partial charge >= 0.3 is 12.2 Å². The van der Waals surface area contributed by atoms with Crippen LogP contribution in [0.5, 0.6) is 0 Å². The summed E-state index contributed by atoms with van der Waals surface area (Å²) in [4.78, 5) is 25.9. The zero-order valence-electron chi connectivity index (χ0n) is 15.8. The lowest BCUT2D eigenvalue weighted by molar-refractivity contribution is -0.137. The predicted molar refractivity (Wildman–Crippen MR) is 102 cm³/mol. The Balaban J connectivity index is 1.37. The van der Waals surface area contributed by atoms with Crippen LogP contribution in [0.25, 0.3) is 0 Å². The standard InChI is InChI=1S/C21H22F3N3O2/c22-21(23,24)18-7-5-15(6-8-18)9-11-25-20(29)26-13-19(28)27-12-10-16-3-1-2-4-17(16)14-27/h1-8H,9-14H2,(H2,25,26,29). The number of rotatable bonds is 5. The van der Waals surface area contributed by atoms with E-state index >= 15 is 0 Å². The van der Waals surface area contributed by atoms with E-state index in [1.165, 1.54) is 17.7 Å². The van der Waals surface area contributed by atoms with Gasteiger partial charge in [-0.15, -0.1) is 0 Å². The summed E-state index contributed by atoms with van der Waals surface area (Å²) in [6.07, 6.45) is -3.18. The number of nitrogens with one attached hydrogen (secondary N) is 2. The van der Waals surface area contributed by atoms with E-state index in [2.05, 4.69) is 16.7 Å². The Bertz CT molecular complexity index is 866. The van der Waals surface area contributed by atoms with Crippen LogP contribution in [0.3, 0.4) is 0 Å². The summed E-state index contributed by atoms with van der Waals surface area (Å²) < 4.78 is 37.6. The van der Waals surface area contributed by atoms with Gasteiger partial charge < -0.3 is 15.5 Å². The molecule has 0 saturated carbocycles. The lowest BCUT2D eigenvalue weighted by Gasteiger charge is -2.29. The van der Waals surface area contributed by atoms with Gasteiger partial charge in [0.25, 0.3) is 0 Å². The number of nitrogens with zero attached hydrogens (tertiary/aromatic N) is 1. The van der Waals surface area contributed by atoms with Gasteiger partial charge in [-0.25, -0.2) is 4.79 Å². The summed E-state index contributed by atoms with van der Waals surface area (Å²) >= 11 is 0. The number of hydrogen-bond acceptors (Lipinski definition) is 2. The van der Waals surface area contributed by atoms with E-state index in [0.29, 0.717) is 25.1 Å². The second-order valence-electron chi connectivity index (χ2n) is 6.89. The summed E-state index contributed by atoms with van der Waals surface area (Å²) in [5.41, 5.74) is 2.34. The molecule has 1 aliphatic rings. The van der Waals surface area contributed by atoms with Crippen LogP contribution in [0.15, 0.2) is 48.5 Å². The number of benzene rings is 2. The summed E-state index contributed by atoms with van der Waals surface area (Å²) in [6.45, 7) is 1.30. The first-order valence-corrected chi connectivity index (χ1v) is 9.35. The van der Waals surface area contributed by atoms with Crippen LogP contribution in [0.1, 0.15) is 22.3 Å². The second-order valence-corrected chi connectivity index (χ2v) is 6.89. The van der Waals surface area contributed by atoms with Crippen molar-refractivity contribution in [2.45, 2.75) is 25.6 Å². The number of carbonyl (C=O) groups excluding carboxylic acids is 2. The molecule has 8 heteroatoms. The molecular formula is C21H22F3N3O2. The molecule has 1 heterocycles. The fourth-order valence-electron chi connectivity index (χ4n) is 3.22. The van der Waals surface area contributed by atoms with Crippen LogP contribution in [0, 0.1) is 0 Å². The van der Waals surface area contributed by atoms with Gasteiger partial charge in [0, 0.05) is 19.6 Å². The van der Waals surface area contributed by atoms with Crippen LogP contribution < -0.4 is 10.6 Å². The third-order valence-corrected chi connectivity index (χ3v) is 4.86. The lowest BCUT2D eigenvalue weighted by Crippen LogP contribution is -2.45. The molecule has 29 heavy (non-hydrogen) atoms. The normalized spacial score (nSPS) is 13.6. The number of urea groups is 1. The molecule has 0 aliphatic carbocycles. The first kappa shape index (κ1) is 20.7. The SMILES string of the molecule is O=C(NCCc1ccc(C(F)(F)F)cc1)NCC(=O)N1CCc2ccccc2C1. The molecule has 0 bridgehead atoms. The van der Waals surface area contributed by atoms with E-state index < -0.39 is 17.8 Å². The number of halogens is 3. The molecule has 2 aromatic rings. The molecule has 3 rings (SSSR count). The Morgan fingerprint density at radius 1 is 0.966 bits per heavy atom. The average Bonchev–Trinajstić information content (AvgIpc) is 2.71. The Labute approximate surface area is 166 Å². The summed E-state index contributed by atoms with van der Waals surface area (Å²) in [6, 6.07) is 12.3. The maximum Gasteiger partial charge on any atom is 0.416 e. The van der Waals surface area contributed by atoms with Crippen molar-refractivity contribution >= 4 is 11.9 Å². The van der Waals surface area contributed by atoms with E-state index in [9.17, 15) is 22.8 Å². The molecular weight excluding hydrogens is 383 g/mol. The fraction of sp³-hybridized carbons (Fsp3) is 0.333. The Kier molecular flexibility index (Phi) is 6.41. The van der Waals surface area contributed by atoms with Gasteiger partial charge in [-0.1, -0.05) is 36.4 Å². The van der Waals surface area contributed by atoms with Crippen molar-refractivity contribution in [3.05, 3.63) is 70.8 Å². The second kappa shape index (κ2) is 8.98. The molecule has 0 spiro atoms. The molecule has 2 N–H and O–H groups in total. The Morgan fingerprint density at radius 2 is 1.66 bits per heavy atom. The van der Waals surface area contributed by atoms with Crippen molar-refractivity contribution in [3.63, 3.8) is 0 Å². The molecule has 3 amide bonds. The third kappa shape index (κ3) is 5.73. The minimum absolute atomic E-state index is 0.103. The van der Waals surface area contributed by atoms with E-state index in [0.717, 1.165) is 24.1 Å². The monoisotopic (exact) mass is 405 g/mol. The van der Waals surface area contributed by atoms with Crippen LogP contribution in [0.4, 0.5) is 18.0 Å². The summed E-state index contributed by atoms with van der Waals surface area (Å²) in [7, 11) is 0. The zero-order valence-corrected chi connectivity index (χ0v) is 15.8. The fourth-order valence-corrected chi connectivity index (χ4v) is 3.22. The summed E-state index contributed by atoms with van der Waals surface area (Å²) in [5.74, 6) is -0.155. The molecule has 0 atom stereocenters.